The normalized spacial score (nSPS) is 14.2. The molecule has 9 nitrogen and oxygen atoms in total. The number of amides is 1. The van der Waals surface area contributed by atoms with Crippen LogP contribution in [0.5, 0.6) is 5.75 Å². The number of aryl methyl sites for hydroxylation is 1. The molecule has 0 radical (unpaired) electrons. The van der Waals surface area contributed by atoms with Crippen molar-refractivity contribution in [1.29, 1.82) is 0 Å². The van der Waals surface area contributed by atoms with E-state index in [2.05, 4.69) is 4.90 Å². The minimum Gasteiger partial charge on any atom is -0.494 e. The fraction of sp³-hybridized carbons (Fsp3) is 0.400. The molecule has 4 aromatic rings. The standard InChI is InChI=1S/C25H28N4O5S.ClH/c1-17-8-9-20(32-2)22-23(17)35-24(26-22)28(11-5-10-27-12-14-33-15-13-27)21(30)16-29-18-6-3-4-7-19(18)34-25(29)31;/h3-4,6-9H,5,10-16H2,1-2H3;1H. The predicted molar refractivity (Wildman–Crippen MR) is 143 cm³/mol. The molecular formula is C25H29ClN4O5S. The molecule has 0 spiro atoms. The number of thiazole rings is 1. The lowest BCUT2D eigenvalue weighted by atomic mass is 10.2. The molecule has 5 rings (SSSR count). The maximum Gasteiger partial charge on any atom is 0.420 e. The van der Waals surface area contributed by atoms with Crippen LogP contribution < -0.4 is 15.4 Å². The smallest absolute Gasteiger partial charge is 0.420 e. The van der Waals surface area contributed by atoms with Gasteiger partial charge >= 0.3 is 5.76 Å². The Hall–Kier alpha value is -2.92. The van der Waals surface area contributed by atoms with Crippen molar-refractivity contribution in [3.63, 3.8) is 0 Å². The number of carbonyl (C=O) groups excluding carboxylic acids is 1. The molecular weight excluding hydrogens is 504 g/mol. The number of aromatic nitrogens is 2. The van der Waals surface area contributed by atoms with Gasteiger partial charge in [-0.2, -0.15) is 0 Å². The zero-order valence-electron chi connectivity index (χ0n) is 20.3. The maximum atomic E-state index is 13.6. The monoisotopic (exact) mass is 532 g/mol. The van der Waals surface area contributed by atoms with E-state index in [0.29, 0.717) is 28.5 Å². The summed E-state index contributed by atoms with van der Waals surface area (Å²) in [5, 5.41) is 0.598. The summed E-state index contributed by atoms with van der Waals surface area (Å²) in [4.78, 5) is 35.0. The summed E-state index contributed by atoms with van der Waals surface area (Å²) in [6.45, 7) is 6.48. The Balaban J connectivity index is 0.00000304. The fourth-order valence-corrected chi connectivity index (χ4v) is 5.46. The van der Waals surface area contributed by atoms with Gasteiger partial charge in [0, 0.05) is 26.2 Å². The minimum atomic E-state index is -0.547. The summed E-state index contributed by atoms with van der Waals surface area (Å²) < 4.78 is 18.6. The number of benzene rings is 2. The van der Waals surface area contributed by atoms with Crippen LogP contribution in [-0.4, -0.2) is 66.9 Å². The predicted octanol–water partition coefficient (Wildman–Crippen LogP) is 3.70. The van der Waals surface area contributed by atoms with Gasteiger partial charge in [0.2, 0.25) is 5.91 Å². The topological polar surface area (TPSA) is 90.0 Å². The Morgan fingerprint density at radius 2 is 1.97 bits per heavy atom. The Morgan fingerprint density at radius 3 is 2.75 bits per heavy atom. The first kappa shape index (κ1) is 26.2. The van der Waals surface area contributed by atoms with Crippen LogP contribution in [0.4, 0.5) is 5.13 Å². The van der Waals surface area contributed by atoms with Crippen molar-refractivity contribution in [2.24, 2.45) is 0 Å². The lowest BCUT2D eigenvalue weighted by molar-refractivity contribution is -0.119. The second-order valence-electron chi connectivity index (χ2n) is 8.53. The number of carbonyl (C=O) groups is 1. The number of oxazole rings is 1. The molecule has 3 heterocycles. The second-order valence-corrected chi connectivity index (χ2v) is 9.51. The summed E-state index contributed by atoms with van der Waals surface area (Å²) in [6.07, 6.45) is 0.777. The highest BCUT2D eigenvalue weighted by atomic mass is 35.5. The van der Waals surface area contributed by atoms with Gasteiger partial charge in [0.15, 0.2) is 10.7 Å². The molecule has 2 aromatic heterocycles. The van der Waals surface area contributed by atoms with Gasteiger partial charge in [-0.15, -0.1) is 12.4 Å². The third kappa shape index (κ3) is 5.27. The molecule has 0 saturated carbocycles. The average Bonchev–Trinajstić information content (AvgIpc) is 3.45. The van der Waals surface area contributed by atoms with E-state index in [-0.39, 0.29) is 24.9 Å². The lowest BCUT2D eigenvalue weighted by Crippen LogP contribution is -2.40. The van der Waals surface area contributed by atoms with Crippen molar-refractivity contribution in [3.8, 4) is 5.75 Å². The molecule has 2 aromatic carbocycles. The van der Waals surface area contributed by atoms with Crippen LogP contribution in [0.1, 0.15) is 12.0 Å². The largest absolute Gasteiger partial charge is 0.494 e. The number of anilines is 1. The summed E-state index contributed by atoms with van der Waals surface area (Å²) >= 11 is 1.47. The van der Waals surface area contributed by atoms with Gasteiger partial charge < -0.3 is 13.9 Å². The van der Waals surface area contributed by atoms with E-state index in [9.17, 15) is 9.59 Å². The Labute approximate surface area is 218 Å². The Kier molecular flexibility index (Phi) is 8.30. The van der Waals surface area contributed by atoms with Crippen molar-refractivity contribution in [1.82, 2.24) is 14.5 Å². The summed E-state index contributed by atoms with van der Waals surface area (Å²) in [7, 11) is 1.62. The van der Waals surface area contributed by atoms with E-state index in [1.165, 1.54) is 15.9 Å². The van der Waals surface area contributed by atoms with Gasteiger partial charge in [-0.05, 0) is 37.1 Å². The Morgan fingerprint density at radius 1 is 1.19 bits per heavy atom. The van der Waals surface area contributed by atoms with Crippen LogP contribution in [0, 0.1) is 6.92 Å². The Bertz CT molecular complexity index is 1410. The highest BCUT2D eigenvalue weighted by Crippen LogP contribution is 2.36. The minimum absolute atomic E-state index is 0. The van der Waals surface area contributed by atoms with Gasteiger partial charge in [0.1, 0.15) is 17.8 Å². The van der Waals surface area contributed by atoms with Crippen LogP contribution >= 0.6 is 23.7 Å². The summed E-state index contributed by atoms with van der Waals surface area (Å²) in [6, 6.07) is 11.0. The van der Waals surface area contributed by atoms with E-state index in [1.54, 1.807) is 30.2 Å². The quantitative estimate of drug-likeness (QED) is 0.342. The van der Waals surface area contributed by atoms with Gasteiger partial charge in [0.05, 0.1) is 30.5 Å². The number of rotatable bonds is 8. The molecule has 1 amide bonds. The zero-order chi connectivity index (χ0) is 24.4. The number of halogens is 1. The first-order valence-electron chi connectivity index (χ1n) is 11.7. The van der Waals surface area contributed by atoms with Crippen molar-refractivity contribution in [3.05, 3.63) is 52.5 Å². The van der Waals surface area contributed by atoms with Gasteiger partial charge in [-0.3, -0.25) is 19.2 Å². The molecule has 11 heteroatoms. The van der Waals surface area contributed by atoms with Crippen LogP contribution in [0.25, 0.3) is 21.3 Å². The van der Waals surface area contributed by atoms with Gasteiger partial charge in [0.25, 0.3) is 0 Å². The number of fused-ring (bicyclic) bond motifs is 2. The van der Waals surface area contributed by atoms with E-state index >= 15 is 0 Å². The molecule has 192 valence electrons. The molecule has 0 atom stereocenters. The fourth-order valence-electron chi connectivity index (χ4n) is 4.37. The van der Waals surface area contributed by atoms with Crippen LogP contribution in [-0.2, 0) is 16.1 Å². The van der Waals surface area contributed by atoms with Gasteiger partial charge in [-0.1, -0.05) is 29.5 Å². The van der Waals surface area contributed by atoms with E-state index in [1.807, 2.05) is 25.1 Å². The van der Waals surface area contributed by atoms with Crippen molar-refractivity contribution in [2.75, 3.05) is 51.4 Å². The third-order valence-corrected chi connectivity index (χ3v) is 7.48. The number of methoxy groups -OCH3 is 1. The zero-order valence-corrected chi connectivity index (χ0v) is 21.9. The SMILES string of the molecule is COc1ccc(C)c2sc(N(CCCN3CCOCC3)C(=O)Cn3c(=O)oc4ccccc43)nc12.Cl. The van der Waals surface area contributed by atoms with E-state index in [0.717, 1.165) is 55.0 Å². The first-order chi connectivity index (χ1) is 17.0. The van der Waals surface area contributed by atoms with Crippen molar-refractivity contribution in [2.45, 2.75) is 19.9 Å². The lowest BCUT2D eigenvalue weighted by Gasteiger charge is -2.27. The first-order valence-corrected chi connectivity index (χ1v) is 12.5. The van der Waals surface area contributed by atoms with Crippen molar-refractivity contribution < 1.29 is 18.7 Å². The molecule has 0 bridgehead atoms. The highest BCUT2D eigenvalue weighted by molar-refractivity contribution is 7.22. The summed E-state index contributed by atoms with van der Waals surface area (Å²) in [5.41, 5.74) is 2.87. The molecule has 0 unspecified atom stereocenters. The molecule has 0 aliphatic carbocycles. The van der Waals surface area contributed by atoms with Crippen LogP contribution in [0.15, 0.2) is 45.6 Å². The number of hydrogen-bond donors (Lipinski definition) is 0. The average molecular weight is 533 g/mol. The number of morpholine rings is 1. The van der Waals surface area contributed by atoms with E-state index in [4.69, 9.17) is 18.9 Å². The third-order valence-electron chi connectivity index (χ3n) is 6.27. The van der Waals surface area contributed by atoms with Crippen LogP contribution in [0.2, 0.25) is 0 Å². The van der Waals surface area contributed by atoms with Gasteiger partial charge in [-0.25, -0.2) is 9.78 Å². The van der Waals surface area contributed by atoms with Crippen LogP contribution in [0.3, 0.4) is 0 Å². The number of para-hydroxylation sites is 2. The molecule has 1 saturated heterocycles. The molecule has 36 heavy (non-hydrogen) atoms. The molecule has 1 aliphatic heterocycles. The van der Waals surface area contributed by atoms with Crippen molar-refractivity contribution >= 4 is 56.1 Å². The number of nitrogens with zero attached hydrogens (tertiary/aromatic N) is 4. The molecule has 1 fully saturated rings. The molecule has 1 aliphatic rings. The second kappa shape index (κ2) is 11.4. The number of hydrogen-bond acceptors (Lipinski definition) is 8. The van der Waals surface area contributed by atoms with E-state index < -0.39 is 5.76 Å². The molecule has 0 N–H and O–H groups in total. The number of ether oxygens (including phenoxy) is 2. The highest BCUT2D eigenvalue weighted by Gasteiger charge is 2.24. The summed E-state index contributed by atoms with van der Waals surface area (Å²) in [5.74, 6) is -0.0863. The maximum absolute atomic E-state index is 13.6.